The summed E-state index contributed by atoms with van der Waals surface area (Å²) in [4.78, 5) is 0. The van der Waals surface area contributed by atoms with Crippen molar-refractivity contribution in [3.8, 4) is 5.75 Å². The molecule has 0 aliphatic rings. The largest absolute Gasteiger partial charge is 0.435 e. The summed E-state index contributed by atoms with van der Waals surface area (Å²) in [7, 11) is 0. The first kappa shape index (κ1) is 18.1. The molecule has 0 radical (unpaired) electrons. The van der Waals surface area contributed by atoms with Gasteiger partial charge in [-0.25, -0.2) is 0 Å². The molecule has 0 bridgehead atoms. The molecule has 0 aliphatic carbocycles. The van der Waals surface area contributed by atoms with E-state index >= 15 is 0 Å². The van der Waals surface area contributed by atoms with E-state index in [1.165, 1.54) is 12.1 Å². The molecule has 1 aromatic carbocycles. The SMILES string of the molecule is CCC(N)(c1ccc(OC(F)F)cc1)C(C)(C)C.Cl. The number of rotatable bonds is 4. The number of benzene rings is 1. The van der Waals surface area contributed by atoms with Gasteiger partial charge in [-0.3, -0.25) is 0 Å². The van der Waals surface area contributed by atoms with Gasteiger partial charge < -0.3 is 10.5 Å². The first-order valence-electron chi connectivity index (χ1n) is 6.05. The van der Waals surface area contributed by atoms with Crippen LogP contribution in [0.15, 0.2) is 24.3 Å². The van der Waals surface area contributed by atoms with Gasteiger partial charge in [-0.15, -0.1) is 12.4 Å². The summed E-state index contributed by atoms with van der Waals surface area (Å²) < 4.78 is 28.5. The maximum atomic E-state index is 12.1. The highest BCUT2D eigenvalue weighted by atomic mass is 35.5. The summed E-state index contributed by atoms with van der Waals surface area (Å²) in [6.07, 6.45) is 0.769. The van der Waals surface area contributed by atoms with Gasteiger partial charge in [-0.2, -0.15) is 8.78 Å². The van der Waals surface area contributed by atoms with Gasteiger partial charge in [-0.05, 0) is 29.5 Å². The summed E-state index contributed by atoms with van der Waals surface area (Å²) in [6, 6.07) is 6.58. The van der Waals surface area contributed by atoms with Crippen LogP contribution >= 0.6 is 12.4 Å². The van der Waals surface area contributed by atoms with Crippen molar-refractivity contribution in [1.29, 1.82) is 0 Å². The van der Waals surface area contributed by atoms with Crippen molar-refractivity contribution in [2.45, 2.75) is 46.3 Å². The van der Waals surface area contributed by atoms with E-state index in [4.69, 9.17) is 5.73 Å². The second kappa shape index (κ2) is 6.53. The molecule has 2 nitrogen and oxygen atoms in total. The fraction of sp³-hybridized carbons (Fsp3) is 0.571. The second-order valence-electron chi connectivity index (χ2n) is 5.48. The van der Waals surface area contributed by atoms with Gasteiger partial charge in [-0.1, -0.05) is 39.8 Å². The lowest BCUT2D eigenvalue weighted by Crippen LogP contribution is -2.47. The van der Waals surface area contributed by atoms with Crippen LogP contribution in [0.2, 0.25) is 0 Å². The smallest absolute Gasteiger partial charge is 0.387 e. The summed E-state index contributed by atoms with van der Waals surface area (Å²) >= 11 is 0. The molecular weight excluding hydrogens is 272 g/mol. The van der Waals surface area contributed by atoms with Crippen LogP contribution in [-0.2, 0) is 5.54 Å². The molecule has 0 fully saturated rings. The number of nitrogens with two attached hydrogens (primary N) is 1. The molecular formula is C14H22ClF2NO. The third kappa shape index (κ3) is 4.05. The molecule has 0 saturated carbocycles. The molecule has 1 atom stereocenters. The lowest BCUT2D eigenvalue weighted by molar-refractivity contribution is -0.0498. The number of hydrogen-bond acceptors (Lipinski definition) is 2. The monoisotopic (exact) mass is 293 g/mol. The summed E-state index contributed by atoms with van der Waals surface area (Å²) in [5.41, 5.74) is 6.78. The van der Waals surface area contributed by atoms with Crippen LogP contribution in [0.4, 0.5) is 8.78 Å². The zero-order valence-corrected chi connectivity index (χ0v) is 12.6. The number of alkyl halides is 2. The molecule has 5 heteroatoms. The van der Waals surface area contributed by atoms with Crippen LogP contribution in [0, 0.1) is 5.41 Å². The van der Waals surface area contributed by atoms with E-state index in [2.05, 4.69) is 25.5 Å². The fourth-order valence-electron chi connectivity index (χ4n) is 2.10. The van der Waals surface area contributed by atoms with Crippen LogP contribution in [0.3, 0.4) is 0 Å². The highest BCUT2D eigenvalue weighted by molar-refractivity contribution is 5.85. The van der Waals surface area contributed by atoms with Gasteiger partial charge >= 0.3 is 6.61 Å². The van der Waals surface area contributed by atoms with E-state index in [0.29, 0.717) is 0 Å². The topological polar surface area (TPSA) is 35.2 Å². The Balaban J connectivity index is 0.00000324. The average Bonchev–Trinajstić information content (AvgIpc) is 2.26. The molecule has 1 rings (SSSR count). The third-order valence-electron chi connectivity index (χ3n) is 3.49. The van der Waals surface area contributed by atoms with Crippen molar-refractivity contribution in [2.24, 2.45) is 11.1 Å². The van der Waals surface area contributed by atoms with Gasteiger partial charge in [0.05, 0.1) is 0 Å². The predicted octanol–water partition coefficient (Wildman–Crippen LogP) is 4.32. The van der Waals surface area contributed by atoms with E-state index in [1.807, 2.05) is 6.92 Å². The molecule has 110 valence electrons. The van der Waals surface area contributed by atoms with Crippen molar-refractivity contribution in [1.82, 2.24) is 0 Å². The third-order valence-corrected chi connectivity index (χ3v) is 3.49. The van der Waals surface area contributed by atoms with E-state index in [-0.39, 0.29) is 23.6 Å². The van der Waals surface area contributed by atoms with Gasteiger partial charge in [0, 0.05) is 5.54 Å². The number of ether oxygens (including phenoxy) is 1. The maximum absolute atomic E-state index is 12.1. The van der Waals surface area contributed by atoms with Crippen LogP contribution in [0.25, 0.3) is 0 Å². The Kier molecular flexibility index (Phi) is 6.23. The molecule has 0 amide bonds. The Bertz CT molecular complexity index is 389. The van der Waals surface area contributed by atoms with Crippen LogP contribution in [0.1, 0.15) is 39.7 Å². The Morgan fingerprint density at radius 2 is 1.63 bits per heavy atom. The highest BCUT2D eigenvalue weighted by Gasteiger charge is 2.38. The first-order valence-corrected chi connectivity index (χ1v) is 6.05. The van der Waals surface area contributed by atoms with Crippen LogP contribution < -0.4 is 10.5 Å². The molecule has 1 aromatic rings. The Labute approximate surface area is 119 Å². The van der Waals surface area contributed by atoms with Gasteiger partial charge in [0.15, 0.2) is 0 Å². The van der Waals surface area contributed by atoms with E-state index < -0.39 is 12.2 Å². The lowest BCUT2D eigenvalue weighted by atomic mass is 9.68. The van der Waals surface area contributed by atoms with Crippen LogP contribution in [0.5, 0.6) is 5.75 Å². The zero-order chi connectivity index (χ0) is 14.0. The summed E-state index contributed by atoms with van der Waals surface area (Å²) in [5, 5.41) is 0. The van der Waals surface area contributed by atoms with Gasteiger partial charge in [0.1, 0.15) is 5.75 Å². The molecule has 0 saturated heterocycles. The highest BCUT2D eigenvalue weighted by Crippen LogP contribution is 2.40. The normalized spacial score (nSPS) is 14.7. The summed E-state index contributed by atoms with van der Waals surface area (Å²) in [6.45, 7) is 5.43. The number of halogens is 3. The average molecular weight is 294 g/mol. The molecule has 0 aromatic heterocycles. The standard InChI is InChI=1S/C14H21F2NO.ClH/c1-5-14(17,13(2,3)4)10-6-8-11(9-7-10)18-12(15)16;/h6-9,12H,5,17H2,1-4H3;1H. The lowest BCUT2D eigenvalue weighted by Gasteiger charge is -2.41. The molecule has 19 heavy (non-hydrogen) atoms. The zero-order valence-electron chi connectivity index (χ0n) is 11.7. The molecule has 0 heterocycles. The van der Waals surface area contributed by atoms with E-state index in [9.17, 15) is 8.78 Å². The maximum Gasteiger partial charge on any atom is 0.387 e. The van der Waals surface area contributed by atoms with E-state index in [1.54, 1.807) is 12.1 Å². The Morgan fingerprint density at radius 3 is 1.95 bits per heavy atom. The van der Waals surface area contributed by atoms with E-state index in [0.717, 1.165) is 12.0 Å². The van der Waals surface area contributed by atoms with Gasteiger partial charge in [0.2, 0.25) is 0 Å². The fourth-order valence-corrected chi connectivity index (χ4v) is 2.10. The second-order valence-corrected chi connectivity index (χ2v) is 5.48. The molecule has 1 unspecified atom stereocenters. The Morgan fingerprint density at radius 1 is 1.16 bits per heavy atom. The van der Waals surface area contributed by atoms with Crippen molar-refractivity contribution >= 4 is 12.4 Å². The Hall–Kier alpha value is -0.870. The van der Waals surface area contributed by atoms with Crippen LogP contribution in [-0.4, -0.2) is 6.61 Å². The van der Waals surface area contributed by atoms with Gasteiger partial charge in [0.25, 0.3) is 0 Å². The first-order chi connectivity index (χ1) is 8.20. The molecule has 0 spiro atoms. The minimum atomic E-state index is -2.80. The minimum absolute atomic E-state index is 0. The van der Waals surface area contributed by atoms with Crippen molar-refractivity contribution in [3.63, 3.8) is 0 Å². The van der Waals surface area contributed by atoms with Crippen molar-refractivity contribution in [2.75, 3.05) is 0 Å². The quantitative estimate of drug-likeness (QED) is 0.897. The minimum Gasteiger partial charge on any atom is -0.435 e. The number of hydrogen-bond donors (Lipinski definition) is 1. The van der Waals surface area contributed by atoms with Crippen molar-refractivity contribution < 1.29 is 13.5 Å². The van der Waals surface area contributed by atoms with Crippen molar-refractivity contribution in [3.05, 3.63) is 29.8 Å². The predicted molar refractivity (Wildman–Crippen MR) is 75.9 cm³/mol. The molecule has 2 N–H and O–H groups in total. The molecule has 0 aliphatic heterocycles. The summed E-state index contributed by atoms with van der Waals surface area (Å²) in [5.74, 6) is 0.154.